The third-order valence-electron chi connectivity index (χ3n) is 4.83. The number of hydrogen-bond donors (Lipinski definition) is 2. The van der Waals surface area contributed by atoms with Crippen LogP contribution >= 0.6 is 11.6 Å². The lowest BCUT2D eigenvalue weighted by molar-refractivity contribution is -0.130. The number of benzene rings is 1. The van der Waals surface area contributed by atoms with Crippen molar-refractivity contribution in [1.29, 1.82) is 0 Å². The summed E-state index contributed by atoms with van der Waals surface area (Å²) in [6.45, 7) is 11.2. The molecular formula is C22H26ClN3O3. The van der Waals surface area contributed by atoms with Gasteiger partial charge in [0.05, 0.1) is 12.6 Å². The highest BCUT2D eigenvalue weighted by atomic mass is 35.5. The fraction of sp³-hybridized carbons (Fsp3) is 0.364. The van der Waals surface area contributed by atoms with Gasteiger partial charge in [-0.25, -0.2) is 0 Å². The van der Waals surface area contributed by atoms with Crippen molar-refractivity contribution in [3.63, 3.8) is 0 Å². The number of likely N-dealkylation sites (tertiary alicyclic amines) is 1. The average Bonchev–Trinajstić information content (AvgIpc) is 3.11. The summed E-state index contributed by atoms with van der Waals surface area (Å²) in [5.74, 6) is 0.494. The molecule has 3 rings (SSSR count). The smallest absolute Gasteiger partial charge is 0.287 e. The minimum Gasteiger partial charge on any atom is -0.454 e. The number of carbonyl (C=O) groups excluding carboxylic acids is 2. The van der Waals surface area contributed by atoms with E-state index < -0.39 is 0 Å². The number of anilines is 1. The van der Waals surface area contributed by atoms with Crippen molar-refractivity contribution < 1.29 is 14.0 Å². The van der Waals surface area contributed by atoms with Crippen molar-refractivity contribution in [2.24, 2.45) is 0 Å². The minimum atomic E-state index is -0.284. The number of hydrogen-bond acceptors (Lipinski definition) is 4. The van der Waals surface area contributed by atoms with Crippen LogP contribution in [-0.2, 0) is 16.8 Å². The fourth-order valence-electron chi connectivity index (χ4n) is 3.13. The van der Waals surface area contributed by atoms with Crippen LogP contribution in [0.15, 0.2) is 47.4 Å². The topological polar surface area (TPSA) is 74.6 Å². The molecule has 29 heavy (non-hydrogen) atoms. The molecule has 1 aromatic carbocycles. The first-order valence-electron chi connectivity index (χ1n) is 9.52. The lowest BCUT2D eigenvalue weighted by Crippen LogP contribution is -2.60. The van der Waals surface area contributed by atoms with E-state index in [9.17, 15) is 9.59 Å². The van der Waals surface area contributed by atoms with E-state index >= 15 is 0 Å². The SMILES string of the molecule is C=CC(=O)N1CC(NC(=O)c2ccc(CNc3ccc(Cl)c(C(C)(C)C)c3)o2)C1. The van der Waals surface area contributed by atoms with E-state index in [2.05, 4.69) is 38.0 Å². The second-order valence-corrected chi connectivity index (χ2v) is 8.59. The summed E-state index contributed by atoms with van der Waals surface area (Å²) < 4.78 is 5.66. The Balaban J connectivity index is 1.54. The van der Waals surface area contributed by atoms with Crippen molar-refractivity contribution in [2.45, 2.75) is 38.8 Å². The molecular weight excluding hydrogens is 390 g/mol. The van der Waals surface area contributed by atoms with Crippen LogP contribution in [0.4, 0.5) is 5.69 Å². The zero-order chi connectivity index (χ0) is 21.2. The second kappa shape index (κ2) is 8.33. The lowest BCUT2D eigenvalue weighted by atomic mass is 9.87. The van der Waals surface area contributed by atoms with E-state index in [4.69, 9.17) is 16.0 Å². The molecule has 1 aromatic heterocycles. The number of nitrogens with one attached hydrogen (secondary N) is 2. The quantitative estimate of drug-likeness (QED) is 0.700. The Labute approximate surface area is 175 Å². The summed E-state index contributed by atoms with van der Waals surface area (Å²) in [4.78, 5) is 25.4. The first-order valence-corrected chi connectivity index (χ1v) is 9.90. The standard InChI is InChI=1S/C22H26ClN3O3/c1-5-20(27)26-12-15(13-26)25-21(28)19-9-7-16(29-19)11-24-14-6-8-18(23)17(10-14)22(2,3)4/h5-10,15,24H,1,11-13H2,2-4H3,(H,25,28). The summed E-state index contributed by atoms with van der Waals surface area (Å²) in [7, 11) is 0. The Bertz CT molecular complexity index is 924. The van der Waals surface area contributed by atoms with E-state index in [1.165, 1.54) is 6.08 Å². The molecule has 2 N–H and O–H groups in total. The van der Waals surface area contributed by atoms with E-state index in [0.29, 0.717) is 25.4 Å². The molecule has 2 amide bonds. The Morgan fingerprint density at radius 1 is 1.28 bits per heavy atom. The first kappa shape index (κ1) is 21.0. The van der Waals surface area contributed by atoms with Crippen LogP contribution in [0.2, 0.25) is 5.02 Å². The number of carbonyl (C=O) groups is 2. The van der Waals surface area contributed by atoms with Gasteiger partial charge in [-0.3, -0.25) is 9.59 Å². The normalized spacial score (nSPS) is 14.3. The Morgan fingerprint density at radius 2 is 2.00 bits per heavy atom. The third-order valence-corrected chi connectivity index (χ3v) is 5.16. The maximum absolute atomic E-state index is 12.3. The van der Waals surface area contributed by atoms with Crippen molar-refractivity contribution in [2.75, 3.05) is 18.4 Å². The number of amides is 2. The highest BCUT2D eigenvalue weighted by molar-refractivity contribution is 6.31. The van der Waals surface area contributed by atoms with Crippen molar-refractivity contribution >= 4 is 29.1 Å². The zero-order valence-corrected chi connectivity index (χ0v) is 17.7. The van der Waals surface area contributed by atoms with Crippen molar-refractivity contribution in [3.8, 4) is 0 Å². The number of nitrogens with zero attached hydrogens (tertiary/aromatic N) is 1. The number of halogens is 1. The summed E-state index contributed by atoms with van der Waals surface area (Å²) >= 11 is 6.31. The van der Waals surface area contributed by atoms with Gasteiger partial charge in [0.1, 0.15) is 5.76 Å². The number of rotatable bonds is 6. The van der Waals surface area contributed by atoms with Crippen LogP contribution in [0.3, 0.4) is 0 Å². The molecule has 1 aliphatic heterocycles. The van der Waals surface area contributed by atoms with Gasteiger partial charge in [-0.2, -0.15) is 0 Å². The van der Waals surface area contributed by atoms with E-state index in [0.717, 1.165) is 16.3 Å². The van der Waals surface area contributed by atoms with Gasteiger partial charge in [0.15, 0.2) is 5.76 Å². The van der Waals surface area contributed by atoms with Crippen LogP contribution < -0.4 is 10.6 Å². The van der Waals surface area contributed by atoms with Gasteiger partial charge in [0.2, 0.25) is 5.91 Å². The molecule has 0 saturated carbocycles. The Kier molecular flexibility index (Phi) is 6.03. The molecule has 0 aliphatic carbocycles. The van der Waals surface area contributed by atoms with Gasteiger partial charge in [-0.05, 0) is 47.4 Å². The van der Waals surface area contributed by atoms with Gasteiger partial charge in [0, 0.05) is 23.8 Å². The molecule has 1 fully saturated rings. The summed E-state index contributed by atoms with van der Waals surface area (Å²) in [6, 6.07) is 9.19. The fourth-order valence-corrected chi connectivity index (χ4v) is 3.53. The molecule has 0 radical (unpaired) electrons. The predicted molar refractivity (Wildman–Crippen MR) is 114 cm³/mol. The largest absolute Gasteiger partial charge is 0.454 e. The second-order valence-electron chi connectivity index (χ2n) is 8.18. The Hall–Kier alpha value is -2.73. The van der Waals surface area contributed by atoms with Gasteiger partial charge >= 0.3 is 0 Å². The van der Waals surface area contributed by atoms with Crippen LogP contribution in [0, 0.1) is 0 Å². The zero-order valence-electron chi connectivity index (χ0n) is 16.9. The van der Waals surface area contributed by atoms with E-state index in [1.54, 1.807) is 17.0 Å². The molecule has 2 heterocycles. The monoisotopic (exact) mass is 415 g/mol. The molecule has 1 saturated heterocycles. The molecule has 6 nitrogen and oxygen atoms in total. The molecule has 0 unspecified atom stereocenters. The lowest BCUT2D eigenvalue weighted by Gasteiger charge is -2.38. The van der Waals surface area contributed by atoms with Gasteiger partial charge < -0.3 is 20.0 Å². The van der Waals surface area contributed by atoms with Crippen molar-refractivity contribution in [3.05, 3.63) is 65.1 Å². The maximum atomic E-state index is 12.3. The molecule has 0 bridgehead atoms. The summed E-state index contributed by atoms with van der Waals surface area (Å²) in [5, 5.41) is 6.91. The minimum absolute atomic E-state index is 0.0574. The van der Waals surface area contributed by atoms with E-state index in [-0.39, 0.29) is 29.0 Å². The molecule has 2 aromatic rings. The summed E-state index contributed by atoms with van der Waals surface area (Å²) in [6.07, 6.45) is 1.27. The van der Waals surface area contributed by atoms with Crippen LogP contribution in [0.1, 0.15) is 42.6 Å². The Morgan fingerprint density at radius 3 is 2.66 bits per heavy atom. The predicted octanol–water partition coefficient (Wildman–Crippen LogP) is 3.97. The van der Waals surface area contributed by atoms with Crippen LogP contribution in [0.5, 0.6) is 0 Å². The van der Waals surface area contributed by atoms with Crippen molar-refractivity contribution in [1.82, 2.24) is 10.2 Å². The van der Waals surface area contributed by atoms with Gasteiger partial charge in [-0.15, -0.1) is 0 Å². The third kappa shape index (κ3) is 5.01. The van der Waals surface area contributed by atoms with Gasteiger partial charge in [-0.1, -0.05) is 39.0 Å². The molecule has 0 spiro atoms. The molecule has 1 aliphatic rings. The number of furan rings is 1. The van der Waals surface area contributed by atoms with Gasteiger partial charge in [0.25, 0.3) is 5.91 Å². The highest BCUT2D eigenvalue weighted by Gasteiger charge is 2.31. The highest BCUT2D eigenvalue weighted by Crippen LogP contribution is 2.31. The van der Waals surface area contributed by atoms with Crippen LogP contribution in [0.25, 0.3) is 0 Å². The first-order chi connectivity index (χ1) is 13.7. The average molecular weight is 416 g/mol. The van der Waals surface area contributed by atoms with E-state index in [1.807, 2.05) is 18.2 Å². The summed E-state index contributed by atoms with van der Waals surface area (Å²) in [5.41, 5.74) is 1.94. The maximum Gasteiger partial charge on any atom is 0.287 e. The molecule has 154 valence electrons. The van der Waals surface area contributed by atoms with Crippen LogP contribution in [-0.4, -0.2) is 35.8 Å². The molecule has 0 atom stereocenters. The molecule has 7 heteroatoms.